The molecule has 0 bridgehead atoms. The van der Waals surface area contributed by atoms with Gasteiger partial charge in [0.25, 0.3) is 0 Å². The molecule has 2 unspecified atom stereocenters. The Morgan fingerprint density at radius 1 is 1.44 bits per heavy atom. The van der Waals surface area contributed by atoms with Crippen molar-refractivity contribution in [3.8, 4) is 0 Å². The number of nitrogens with one attached hydrogen (secondary N) is 1. The second-order valence-electron chi connectivity index (χ2n) is 5.22. The zero-order chi connectivity index (χ0) is 13.0. The Labute approximate surface area is 117 Å². The van der Waals surface area contributed by atoms with E-state index in [2.05, 4.69) is 28.2 Å². The lowest BCUT2D eigenvalue weighted by atomic mass is 9.88. The zero-order valence-corrected chi connectivity index (χ0v) is 12.5. The average molecular weight is 314 g/mol. The van der Waals surface area contributed by atoms with Crippen molar-refractivity contribution in [2.75, 3.05) is 6.54 Å². The van der Waals surface area contributed by atoms with Crippen molar-refractivity contribution >= 4 is 15.9 Å². The highest BCUT2D eigenvalue weighted by Crippen LogP contribution is 2.23. The number of halogens is 2. The number of benzene rings is 1. The summed E-state index contributed by atoms with van der Waals surface area (Å²) in [6, 6.07) is 5.75. The molecule has 100 valence electrons. The topological polar surface area (TPSA) is 12.0 Å². The molecule has 1 N–H and O–H groups in total. The fourth-order valence-corrected chi connectivity index (χ4v) is 3.16. The normalized spacial score (nSPS) is 24.2. The van der Waals surface area contributed by atoms with E-state index in [1.807, 2.05) is 6.07 Å². The van der Waals surface area contributed by atoms with Gasteiger partial charge in [-0.3, -0.25) is 0 Å². The van der Waals surface area contributed by atoms with E-state index in [9.17, 15) is 4.39 Å². The third-order valence-electron chi connectivity index (χ3n) is 3.95. The molecule has 2 atom stereocenters. The van der Waals surface area contributed by atoms with Crippen molar-refractivity contribution < 1.29 is 4.39 Å². The van der Waals surface area contributed by atoms with Crippen molar-refractivity contribution in [2.45, 2.75) is 45.1 Å². The van der Waals surface area contributed by atoms with Crippen molar-refractivity contribution in [3.05, 3.63) is 34.1 Å². The highest BCUT2D eigenvalue weighted by atomic mass is 79.9. The van der Waals surface area contributed by atoms with Gasteiger partial charge in [0.1, 0.15) is 5.82 Å². The van der Waals surface area contributed by atoms with Crippen LogP contribution in [0.15, 0.2) is 22.7 Å². The van der Waals surface area contributed by atoms with Crippen LogP contribution in [0.4, 0.5) is 4.39 Å². The predicted molar refractivity (Wildman–Crippen MR) is 77.2 cm³/mol. The molecule has 0 aromatic heterocycles. The van der Waals surface area contributed by atoms with Gasteiger partial charge in [0.15, 0.2) is 0 Å². The Hall–Kier alpha value is -0.410. The zero-order valence-electron chi connectivity index (χ0n) is 10.9. The number of rotatable bonds is 4. The minimum absolute atomic E-state index is 0.0824. The highest BCUT2D eigenvalue weighted by molar-refractivity contribution is 9.10. The van der Waals surface area contributed by atoms with E-state index >= 15 is 0 Å². The Kier molecular flexibility index (Phi) is 5.19. The summed E-state index contributed by atoms with van der Waals surface area (Å²) < 4.78 is 14.6. The molecule has 0 spiro atoms. The van der Waals surface area contributed by atoms with Crippen LogP contribution >= 0.6 is 15.9 Å². The lowest BCUT2D eigenvalue weighted by Crippen LogP contribution is -2.38. The van der Waals surface area contributed by atoms with Gasteiger partial charge in [0, 0.05) is 10.5 Å². The van der Waals surface area contributed by atoms with E-state index in [4.69, 9.17) is 0 Å². The summed E-state index contributed by atoms with van der Waals surface area (Å²) in [5.41, 5.74) is 0.824. The Bertz CT molecular complexity index is 394. The van der Waals surface area contributed by atoms with Gasteiger partial charge in [-0.25, -0.2) is 4.39 Å². The predicted octanol–water partition coefficient (Wildman–Crippen LogP) is 4.30. The molecule has 1 aliphatic rings. The van der Waals surface area contributed by atoms with Crippen LogP contribution in [0.3, 0.4) is 0 Å². The standard InChI is InChI=1S/C15H21BrFN/c1-2-11-7-8-18-14(9-11)5-3-12-10-13(16)4-6-15(12)17/h4,6,10-11,14,18H,2-3,5,7-9H2,1H3. The minimum Gasteiger partial charge on any atom is -0.314 e. The lowest BCUT2D eigenvalue weighted by Gasteiger charge is -2.29. The van der Waals surface area contributed by atoms with E-state index in [0.29, 0.717) is 6.04 Å². The van der Waals surface area contributed by atoms with Crippen molar-refractivity contribution in [2.24, 2.45) is 5.92 Å². The summed E-state index contributed by atoms with van der Waals surface area (Å²) in [5.74, 6) is 0.768. The molecule has 0 aliphatic carbocycles. The molecule has 0 amide bonds. The molecule has 2 rings (SSSR count). The van der Waals surface area contributed by atoms with Crippen LogP contribution < -0.4 is 5.32 Å². The first-order valence-electron chi connectivity index (χ1n) is 6.86. The second-order valence-corrected chi connectivity index (χ2v) is 6.14. The maximum absolute atomic E-state index is 13.6. The lowest BCUT2D eigenvalue weighted by molar-refractivity contribution is 0.284. The van der Waals surface area contributed by atoms with E-state index < -0.39 is 0 Å². The van der Waals surface area contributed by atoms with Gasteiger partial charge < -0.3 is 5.32 Å². The second kappa shape index (κ2) is 6.67. The SMILES string of the molecule is CCC1CCNC(CCc2cc(Br)ccc2F)C1. The number of piperidine rings is 1. The summed E-state index contributed by atoms with van der Waals surface area (Å²) in [5, 5.41) is 3.55. The van der Waals surface area contributed by atoms with Crippen molar-refractivity contribution in [3.63, 3.8) is 0 Å². The van der Waals surface area contributed by atoms with E-state index in [1.165, 1.54) is 19.3 Å². The van der Waals surface area contributed by atoms with Gasteiger partial charge >= 0.3 is 0 Å². The summed E-state index contributed by atoms with van der Waals surface area (Å²) in [4.78, 5) is 0. The van der Waals surface area contributed by atoms with Gasteiger partial charge in [0.2, 0.25) is 0 Å². The molecule has 0 saturated carbocycles. The van der Waals surface area contributed by atoms with Gasteiger partial charge in [0.05, 0.1) is 0 Å². The minimum atomic E-state index is -0.0824. The molecule has 1 saturated heterocycles. The van der Waals surface area contributed by atoms with Gasteiger partial charge in [-0.05, 0) is 61.9 Å². The molecule has 1 aromatic carbocycles. The van der Waals surface area contributed by atoms with Crippen LogP contribution in [0.25, 0.3) is 0 Å². The van der Waals surface area contributed by atoms with E-state index in [1.54, 1.807) is 12.1 Å². The maximum Gasteiger partial charge on any atom is 0.126 e. The number of aryl methyl sites for hydroxylation is 1. The Morgan fingerprint density at radius 3 is 3.06 bits per heavy atom. The average Bonchev–Trinajstić information content (AvgIpc) is 2.40. The smallest absolute Gasteiger partial charge is 0.126 e. The first kappa shape index (κ1) is 14.0. The quantitative estimate of drug-likeness (QED) is 0.874. The van der Waals surface area contributed by atoms with Crippen LogP contribution in [0.5, 0.6) is 0 Å². The molecule has 1 heterocycles. The summed E-state index contributed by atoms with van der Waals surface area (Å²) in [6.45, 7) is 3.38. The molecule has 1 aromatic rings. The third kappa shape index (κ3) is 3.79. The van der Waals surface area contributed by atoms with Crippen LogP contribution in [0.2, 0.25) is 0 Å². The van der Waals surface area contributed by atoms with Crippen LogP contribution in [-0.4, -0.2) is 12.6 Å². The third-order valence-corrected chi connectivity index (χ3v) is 4.44. The van der Waals surface area contributed by atoms with Crippen LogP contribution in [0, 0.1) is 11.7 Å². The molecule has 0 radical (unpaired) electrons. The Balaban J connectivity index is 1.89. The molecule has 1 fully saturated rings. The largest absolute Gasteiger partial charge is 0.314 e. The maximum atomic E-state index is 13.6. The number of hydrogen-bond acceptors (Lipinski definition) is 1. The van der Waals surface area contributed by atoms with Gasteiger partial charge in [-0.2, -0.15) is 0 Å². The van der Waals surface area contributed by atoms with Crippen molar-refractivity contribution in [1.82, 2.24) is 5.32 Å². The fourth-order valence-electron chi connectivity index (χ4n) is 2.75. The molecule has 3 heteroatoms. The summed E-state index contributed by atoms with van der Waals surface area (Å²) in [7, 11) is 0. The van der Waals surface area contributed by atoms with Gasteiger partial charge in [-0.1, -0.05) is 29.3 Å². The molecule has 18 heavy (non-hydrogen) atoms. The number of hydrogen-bond donors (Lipinski definition) is 1. The monoisotopic (exact) mass is 313 g/mol. The van der Waals surface area contributed by atoms with E-state index in [0.717, 1.165) is 35.3 Å². The first-order chi connectivity index (χ1) is 8.69. The first-order valence-corrected chi connectivity index (χ1v) is 7.65. The molecular weight excluding hydrogens is 293 g/mol. The highest BCUT2D eigenvalue weighted by Gasteiger charge is 2.20. The molecule has 1 nitrogen and oxygen atoms in total. The summed E-state index contributed by atoms with van der Waals surface area (Å²) >= 11 is 3.40. The van der Waals surface area contributed by atoms with E-state index in [-0.39, 0.29) is 5.82 Å². The molecular formula is C15H21BrFN. The van der Waals surface area contributed by atoms with Crippen LogP contribution in [0.1, 0.15) is 38.2 Å². The Morgan fingerprint density at radius 2 is 2.28 bits per heavy atom. The van der Waals surface area contributed by atoms with Crippen LogP contribution in [-0.2, 0) is 6.42 Å². The molecule has 1 aliphatic heterocycles. The van der Waals surface area contributed by atoms with Gasteiger partial charge in [-0.15, -0.1) is 0 Å². The van der Waals surface area contributed by atoms with Crippen molar-refractivity contribution in [1.29, 1.82) is 0 Å². The fraction of sp³-hybridized carbons (Fsp3) is 0.600. The summed E-state index contributed by atoms with van der Waals surface area (Å²) in [6.07, 6.45) is 5.65.